The number of nitrogens with zero attached hydrogens (tertiary/aromatic N) is 3. The molecule has 3 aromatic rings. The maximum atomic E-state index is 13.2. The molecule has 1 aliphatic carbocycles. The molecule has 0 N–H and O–H groups in total. The van der Waals surface area contributed by atoms with Gasteiger partial charge in [0, 0.05) is 16.3 Å². The average molecular weight is 474 g/mol. The molecule has 0 fully saturated rings. The summed E-state index contributed by atoms with van der Waals surface area (Å²) in [7, 11) is 1.44. The van der Waals surface area contributed by atoms with Gasteiger partial charge in [-0.25, -0.2) is 4.79 Å². The first kappa shape index (κ1) is 22.3. The van der Waals surface area contributed by atoms with Crippen LogP contribution in [0.3, 0.4) is 0 Å². The predicted octanol–water partition coefficient (Wildman–Crippen LogP) is 5.63. The number of aromatic nitrogens is 1. The molecule has 3 heterocycles. The molecule has 1 amide bonds. The fraction of sp³-hybridized carbons (Fsp3) is 0.296. The first-order chi connectivity index (χ1) is 16.4. The van der Waals surface area contributed by atoms with E-state index in [0.717, 1.165) is 58.9 Å². The smallest absolute Gasteiger partial charge is 0.341 e. The number of hydrazone groups is 1. The summed E-state index contributed by atoms with van der Waals surface area (Å²) in [6, 6.07) is 11.5. The van der Waals surface area contributed by atoms with E-state index in [1.807, 2.05) is 57.2 Å². The molecule has 0 bridgehead atoms. The van der Waals surface area contributed by atoms with Crippen LogP contribution in [0.4, 0.5) is 5.69 Å². The largest absolute Gasteiger partial charge is 0.465 e. The van der Waals surface area contributed by atoms with Crippen LogP contribution in [0.15, 0.2) is 47.1 Å². The van der Waals surface area contributed by atoms with Crippen molar-refractivity contribution in [2.75, 3.05) is 12.1 Å². The Kier molecular flexibility index (Phi) is 5.73. The average Bonchev–Trinajstić information content (AvgIpc) is 3.45. The highest BCUT2D eigenvalue weighted by Crippen LogP contribution is 2.39. The molecule has 34 heavy (non-hydrogen) atoms. The van der Waals surface area contributed by atoms with E-state index in [1.54, 1.807) is 11.3 Å². The van der Waals surface area contributed by atoms with E-state index in [-0.39, 0.29) is 11.9 Å². The second kappa shape index (κ2) is 8.72. The van der Waals surface area contributed by atoms with Crippen LogP contribution in [0, 0.1) is 13.8 Å². The number of esters is 1. The maximum Gasteiger partial charge on any atom is 0.341 e. The lowest BCUT2D eigenvalue weighted by Crippen LogP contribution is -2.21. The van der Waals surface area contributed by atoms with E-state index < -0.39 is 0 Å². The lowest BCUT2D eigenvalue weighted by Gasteiger charge is -2.13. The molecule has 0 saturated heterocycles. The molecule has 0 atom stereocenters. The minimum absolute atomic E-state index is 0.143. The first-order valence-corrected chi connectivity index (χ1v) is 12.3. The highest BCUT2D eigenvalue weighted by Gasteiger charge is 2.31. The molecule has 0 unspecified atom stereocenters. The van der Waals surface area contributed by atoms with Crippen LogP contribution < -0.4 is 5.01 Å². The van der Waals surface area contributed by atoms with Crippen molar-refractivity contribution < 1.29 is 14.3 Å². The van der Waals surface area contributed by atoms with Crippen molar-refractivity contribution in [3.8, 4) is 5.00 Å². The second-order valence-electron chi connectivity index (χ2n) is 8.74. The molecule has 2 aliphatic rings. The van der Waals surface area contributed by atoms with Crippen LogP contribution in [0.2, 0.25) is 0 Å². The number of amides is 1. The highest BCUT2D eigenvalue weighted by molar-refractivity contribution is 7.15. The van der Waals surface area contributed by atoms with E-state index >= 15 is 0 Å². The molecule has 6 nitrogen and oxygen atoms in total. The fourth-order valence-corrected chi connectivity index (χ4v) is 6.34. The zero-order chi connectivity index (χ0) is 24.0. The third kappa shape index (κ3) is 3.60. The van der Waals surface area contributed by atoms with Crippen LogP contribution in [-0.4, -0.2) is 29.3 Å². The van der Waals surface area contributed by atoms with Gasteiger partial charge in [-0.2, -0.15) is 10.1 Å². The number of aryl methyl sites for hydroxylation is 2. The monoisotopic (exact) mass is 473 g/mol. The Bertz CT molecular complexity index is 1360. The molecule has 174 valence electrons. The van der Waals surface area contributed by atoms with Crippen LogP contribution in [0.1, 0.15) is 57.5 Å². The molecule has 0 spiro atoms. The van der Waals surface area contributed by atoms with Gasteiger partial charge in [0.25, 0.3) is 5.91 Å². The summed E-state index contributed by atoms with van der Waals surface area (Å²) in [4.78, 5) is 27.3. The summed E-state index contributed by atoms with van der Waals surface area (Å²) in [5.41, 5.74) is 6.75. The van der Waals surface area contributed by atoms with Crippen molar-refractivity contribution in [3.63, 3.8) is 0 Å². The van der Waals surface area contributed by atoms with Gasteiger partial charge in [-0.1, -0.05) is 18.2 Å². The van der Waals surface area contributed by atoms with E-state index in [2.05, 4.69) is 15.7 Å². The van der Waals surface area contributed by atoms with Gasteiger partial charge in [0.15, 0.2) is 0 Å². The molecular weight excluding hydrogens is 446 g/mol. The third-order valence-corrected chi connectivity index (χ3v) is 7.86. The Balaban J connectivity index is 1.58. The maximum absolute atomic E-state index is 13.2. The van der Waals surface area contributed by atoms with Crippen LogP contribution in [0.5, 0.6) is 0 Å². The number of methoxy groups -OCH3 is 1. The van der Waals surface area contributed by atoms with Gasteiger partial charge in [0.1, 0.15) is 5.00 Å². The van der Waals surface area contributed by atoms with Crippen molar-refractivity contribution in [3.05, 3.63) is 74.9 Å². The van der Waals surface area contributed by atoms with Gasteiger partial charge in [-0.05, 0) is 81.9 Å². The number of fused-ring (bicyclic) bond motifs is 1. The summed E-state index contributed by atoms with van der Waals surface area (Å²) in [5.74, 6) is -0.426. The Morgan fingerprint density at radius 2 is 1.85 bits per heavy atom. The van der Waals surface area contributed by atoms with Crippen LogP contribution in [-0.2, 0) is 22.4 Å². The third-order valence-electron chi connectivity index (χ3n) is 6.58. The standard InChI is InChI=1S/C27H27N3O3S/c1-16-14-19(15-22-17(2)28-30(25(22)31)20-10-6-5-7-11-20)18(3)29(16)26-24(27(32)33-4)21-12-8-9-13-23(21)34-26/h5-7,10-11,14-15H,8-9,12-13H2,1-4H3/b22-15+. The minimum Gasteiger partial charge on any atom is -0.465 e. The summed E-state index contributed by atoms with van der Waals surface area (Å²) < 4.78 is 7.30. The molecule has 1 aromatic carbocycles. The molecular formula is C27H27N3O3S. The topological polar surface area (TPSA) is 63.9 Å². The molecule has 5 rings (SSSR count). The van der Waals surface area contributed by atoms with Crippen molar-refractivity contribution in [1.82, 2.24) is 4.57 Å². The number of hydrogen-bond acceptors (Lipinski definition) is 5. The number of rotatable bonds is 4. The van der Waals surface area contributed by atoms with E-state index in [1.165, 1.54) is 17.0 Å². The van der Waals surface area contributed by atoms with Crippen molar-refractivity contribution in [2.45, 2.75) is 46.5 Å². The van der Waals surface area contributed by atoms with Crippen LogP contribution >= 0.6 is 11.3 Å². The van der Waals surface area contributed by atoms with Gasteiger partial charge in [-0.3, -0.25) is 4.79 Å². The number of benzene rings is 1. The summed E-state index contributed by atoms with van der Waals surface area (Å²) in [6.45, 7) is 5.91. The number of hydrogen-bond donors (Lipinski definition) is 0. The summed E-state index contributed by atoms with van der Waals surface area (Å²) in [5, 5.41) is 6.85. The zero-order valence-corrected chi connectivity index (χ0v) is 20.7. The number of anilines is 1. The molecule has 1 aliphatic heterocycles. The van der Waals surface area contributed by atoms with Gasteiger partial charge in [0.2, 0.25) is 0 Å². The number of carbonyl (C=O) groups excluding carboxylic acids is 2. The van der Waals surface area contributed by atoms with Gasteiger partial charge in [0.05, 0.1) is 29.6 Å². The zero-order valence-electron chi connectivity index (χ0n) is 19.8. The highest BCUT2D eigenvalue weighted by atomic mass is 32.1. The molecule has 2 aromatic heterocycles. The van der Waals surface area contributed by atoms with Crippen LogP contribution in [0.25, 0.3) is 11.1 Å². The van der Waals surface area contributed by atoms with Crippen molar-refractivity contribution >= 4 is 40.7 Å². The van der Waals surface area contributed by atoms with Gasteiger partial charge in [-0.15, -0.1) is 11.3 Å². The lowest BCUT2D eigenvalue weighted by atomic mass is 9.95. The predicted molar refractivity (Wildman–Crippen MR) is 136 cm³/mol. The quantitative estimate of drug-likeness (QED) is 0.365. The van der Waals surface area contributed by atoms with E-state index in [4.69, 9.17) is 4.74 Å². The summed E-state index contributed by atoms with van der Waals surface area (Å²) >= 11 is 1.68. The van der Waals surface area contributed by atoms with E-state index in [0.29, 0.717) is 16.8 Å². The Labute approximate surface area is 203 Å². The number of para-hydroxylation sites is 1. The number of ether oxygens (including phenoxy) is 1. The SMILES string of the molecule is COC(=O)c1c(-n2c(C)cc(/C=C3/C(=O)N(c4ccccc4)N=C3C)c2C)sc2c1CCCC2. The number of carbonyl (C=O) groups is 2. The van der Waals surface area contributed by atoms with E-state index in [9.17, 15) is 9.59 Å². The Hall–Kier alpha value is -3.45. The fourth-order valence-electron chi connectivity index (χ4n) is 4.85. The molecule has 0 saturated carbocycles. The second-order valence-corrected chi connectivity index (χ2v) is 9.82. The minimum atomic E-state index is -0.283. The summed E-state index contributed by atoms with van der Waals surface area (Å²) in [6.07, 6.45) is 6.06. The Morgan fingerprint density at radius 3 is 2.59 bits per heavy atom. The molecule has 7 heteroatoms. The Morgan fingerprint density at radius 1 is 1.12 bits per heavy atom. The lowest BCUT2D eigenvalue weighted by molar-refractivity contribution is -0.114. The molecule has 0 radical (unpaired) electrons. The first-order valence-electron chi connectivity index (χ1n) is 11.5. The normalized spacial score (nSPS) is 16.7. The van der Waals surface area contributed by atoms with Gasteiger partial charge >= 0.3 is 5.97 Å². The van der Waals surface area contributed by atoms with Gasteiger partial charge < -0.3 is 9.30 Å². The van der Waals surface area contributed by atoms with Crippen molar-refractivity contribution in [2.24, 2.45) is 5.10 Å². The van der Waals surface area contributed by atoms with Crippen molar-refractivity contribution in [1.29, 1.82) is 0 Å². The number of thiophene rings is 1.